The Labute approximate surface area is 177 Å². The zero-order valence-corrected chi connectivity index (χ0v) is 18.2. The van der Waals surface area contributed by atoms with Gasteiger partial charge in [-0.3, -0.25) is 4.79 Å². The zero-order valence-electron chi connectivity index (χ0n) is 17.3. The molecule has 0 aliphatic carbocycles. The van der Waals surface area contributed by atoms with E-state index in [2.05, 4.69) is 5.32 Å². The molecular weight excluding hydrogens is 404 g/mol. The summed E-state index contributed by atoms with van der Waals surface area (Å²) in [6.45, 7) is 4.32. The standard InChI is InChI=1S/C22H26N2O5S/c1-15-4-8-19(9-5-15)30(27,28)24-12-10-17(11-13-24)21(25)23-20-14-18(22(26)29-3)7-6-16(20)2/h4-9,14,17H,10-13H2,1-3H3,(H,23,25). The SMILES string of the molecule is COC(=O)c1ccc(C)c(NC(=O)C2CCN(S(=O)(=O)c3ccc(C)cc3)CC2)c1. The van der Waals surface area contributed by atoms with E-state index >= 15 is 0 Å². The summed E-state index contributed by atoms with van der Waals surface area (Å²) in [5.74, 6) is -0.941. The van der Waals surface area contributed by atoms with Crippen LogP contribution in [0.4, 0.5) is 5.69 Å². The van der Waals surface area contributed by atoms with Gasteiger partial charge in [-0.1, -0.05) is 23.8 Å². The number of carbonyl (C=O) groups is 2. The number of hydrogen-bond acceptors (Lipinski definition) is 5. The van der Waals surface area contributed by atoms with Crippen LogP contribution in [0, 0.1) is 19.8 Å². The monoisotopic (exact) mass is 430 g/mol. The quantitative estimate of drug-likeness (QED) is 0.736. The van der Waals surface area contributed by atoms with Gasteiger partial charge in [0.2, 0.25) is 15.9 Å². The van der Waals surface area contributed by atoms with Crippen LogP contribution in [0.25, 0.3) is 0 Å². The maximum atomic E-state index is 12.8. The van der Waals surface area contributed by atoms with Gasteiger partial charge in [-0.05, 0) is 56.5 Å². The summed E-state index contributed by atoms with van der Waals surface area (Å²) in [5.41, 5.74) is 2.74. The van der Waals surface area contributed by atoms with E-state index in [1.807, 2.05) is 13.8 Å². The van der Waals surface area contributed by atoms with Gasteiger partial charge in [-0.2, -0.15) is 4.31 Å². The third-order valence-corrected chi connectivity index (χ3v) is 7.31. The molecule has 2 aromatic rings. The molecule has 1 aliphatic rings. The molecule has 0 saturated carbocycles. The summed E-state index contributed by atoms with van der Waals surface area (Å²) in [5, 5.41) is 2.88. The summed E-state index contributed by atoms with van der Waals surface area (Å²) >= 11 is 0. The van der Waals surface area contributed by atoms with Gasteiger partial charge in [-0.15, -0.1) is 0 Å². The van der Waals surface area contributed by atoms with Crippen molar-refractivity contribution in [3.63, 3.8) is 0 Å². The van der Waals surface area contributed by atoms with Crippen LogP contribution >= 0.6 is 0 Å². The van der Waals surface area contributed by atoms with Crippen molar-refractivity contribution in [2.24, 2.45) is 5.92 Å². The van der Waals surface area contributed by atoms with Crippen molar-refractivity contribution < 1.29 is 22.7 Å². The van der Waals surface area contributed by atoms with E-state index in [0.29, 0.717) is 24.1 Å². The Morgan fingerprint density at radius 1 is 1.03 bits per heavy atom. The molecule has 2 aromatic carbocycles. The molecule has 0 bridgehead atoms. The van der Waals surface area contributed by atoms with Gasteiger partial charge >= 0.3 is 5.97 Å². The van der Waals surface area contributed by atoms with Crippen molar-refractivity contribution in [3.05, 3.63) is 59.2 Å². The topological polar surface area (TPSA) is 92.8 Å². The van der Waals surface area contributed by atoms with Crippen LogP contribution in [-0.2, 0) is 19.6 Å². The first kappa shape index (κ1) is 22.0. The van der Waals surface area contributed by atoms with E-state index in [1.54, 1.807) is 42.5 Å². The molecule has 1 N–H and O–H groups in total. The number of amides is 1. The van der Waals surface area contributed by atoms with Crippen molar-refractivity contribution in [3.8, 4) is 0 Å². The maximum Gasteiger partial charge on any atom is 0.337 e. The number of methoxy groups -OCH3 is 1. The molecule has 160 valence electrons. The van der Waals surface area contributed by atoms with E-state index in [0.717, 1.165) is 11.1 Å². The molecule has 30 heavy (non-hydrogen) atoms. The van der Waals surface area contributed by atoms with E-state index in [4.69, 9.17) is 4.74 Å². The van der Waals surface area contributed by atoms with Gasteiger partial charge in [-0.25, -0.2) is 13.2 Å². The number of aryl methyl sites for hydroxylation is 2. The fraction of sp³-hybridized carbons (Fsp3) is 0.364. The molecule has 1 fully saturated rings. The van der Waals surface area contributed by atoms with Crippen molar-refractivity contribution in [2.45, 2.75) is 31.6 Å². The Kier molecular flexibility index (Phi) is 6.58. The third kappa shape index (κ3) is 4.71. The number of piperidine rings is 1. The number of esters is 1. The highest BCUT2D eigenvalue weighted by Crippen LogP contribution is 2.26. The molecule has 1 heterocycles. The maximum absolute atomic E-state index is 12.8. The Bertz CT molecular complexity index is 1040. The lowest BCUT2D eigenvalue weighted by Gasteiger charge is -2.30. The van der Waals surface area contributed by atoms with Crippen molar-refractivity contribution >= 4 is 27.6 Å². The molecule has 0 radical (unpaired) electrons. The van der Waals surface area contributed by atoms with Crippen LogP contribution in [0.15, 0.2) is 47.4 Å². The van der Waals surface area contributed by atoms with Gasteiger partial charge in [0.1, 0.15) is 0 Å². The average Bonchev–Trinajstić information content (AvgIpc) is 2.75. The third-order valence-electron chi connectivity index (χ3n) is 5.40. The second-order valence-corrected chi connectivity index (χ2v) is 9.44. The Morgan fingerprint density at radius 3 is 2.27 bits per heavy atom. The molecule has 7 nitrogen and oxygen atoms in total. The first-order valence-electron chi connectivity index (χ1n) is 9.79. The lowest BCUT2D eigenvalue weighted by Crippen LogP contribution is -2.41. The summed E-state index contributed by atoms with van der Waals surface area (Å²) in [6.07, 6.45) is 0.874. The lowest BCUT2D eigenvalue weighted by atomic mass is 9.97. The highest BCUT2D eigenvalue weighted by molar-refractivity contribution is 7.89. The summed E-state index contributed by atoms with van der Waals surface area (Å²) in [6, 6.07) is 11.8. The molecular formula is C22H26N2O5S. The van der Waals surface area contributed by atoms with E-state index in [1.165, 1.54) is 11.4 Å². The number of nitrogens with zero attached hydrogens (tertiary/aromatic N) is 1. The Morgan fingerprint density at radius 2 is 1.67 bits per heavy atom. The van der Waals surface area contributed by atoms with Crippen molar-refractivity contribution in [1.29, 1.82) is 0 Å². The highest BCUT2D eigenvalue weighted by Gasteiger charge is 2.32. The first-order valence-corrected chi connectivity index (χ1v) is 11.2. The molecule has 3 rings (SSSR count). The summed E-state index contributed by atoms with van der Waals surface area (Å²) in [7, 11) is -2.26. The number of carbonyl (C=O) groups excluding carboxylic acids is 2. The molecule has 1 saturated heterocycles. The minimum atomic E-state index is -3.56. The zero-order chi connectivity index (χ0) is 21.9. The number of rotatable bonds is 5. The second-order valence-electron chi connectivity index (χ2n) is 7.50. The number of nitrogens with one attached hydrogen (secondary N) is 1. The van der Waals surface area contributed by atoms with Gasteiger partial charge < -0.3 is 10.1 Å². The van der Waals surface area contributed by atoms with Gasteiger partial charge in [0.05, 0.1) is 17.6 Å². The minimum Gasteiger partial charge on any atom is -0.465 e. The second kappa shape index (κ2) is 8.97. The predicted molar refractivity (Wildman–Crippen MR) is 114 cm³/mol. The first-order chi connectivity index (χ1) is 14.2. The van der Waals surface area contributed by atoms with Crippen molar-refractivity contribution in [2.75, 3.05) is 25.5 Å². The molecule has 1 amide bonds. The average molecular weight is 431 g/mol. The smallest absolute Gasteiger partial charge is 0.337 e. The number of sulfonamides is 1. The van der Waals surface area contributed by atoms with Gasteiger partial charge in [0.25, 0.3) is 0 Å². The fourth-order valence-electron chi connectivity index (χ4n) is 3.45. The number of hydrogen-bond donors (Lipinski definition) is 1. The van der Waals surface area contributed by atoms with E-state index in [-0.39, 0.29) is 29.8 Å². The van der Waals surface area contributed by atoms with Crippen LogP contribution < -0.4 is 5.32 Å². The molecule has 0 unspecified atom stereocenters. The molecule has 0 atom stereocenters. The Balaban J connectivity index is 1.64. The molecule has 0 spiro atoms. The number of ether oxygens (including phenoxy) is 1. The summed E-state index contributed by atoms with van der Waals surface area (Å²) in [4.78, 5) is 24.7. The van der Waals surface area contributed by atoms with Crippen LogP contribution in [0.1, 0.15) is 34.3 Å². The van der Waals surface area contributed by atoms with Crippen LogP contribution in [0.2, 0.25) is 0 Å². The highest BCUT2D eigenvalue weighted by atomic mass is 32.2. The largest absolute Gasteiger partial charge is 0.465 e. The van der Waals surface area contributed by atoms with Crippen LogP contribution in [0.5, 0.6) is 0 Å². The van der Waals surface area contributed by atoms with Crippen LogP contribution in [-0.4, -0.2) is 44.8 Å². The van der Waals surface area contributed by atoms with E-state index in [9.17, 15) is 18.0 Å². The predicted octanol–water partition coefficient (Wildman–Crippen LogP) is 3.13. The summed E-state index contributed by atoms with van der Waals surface area (Å²) < 4.78 is 31.8. The molecule has 8 heteroatoms. The van der Waals surface area contributed by atoms with Gasteiger partial charge in [0, 0.05) is 24.7 Å². The molecule has 0 aromatic heterocycles. The van der Waals surface area contributed by atoms with E-state index < -0.39 is 16.0 Å². The lowest BCUT2D eigenvalue weighted by molar-refractivity contribution is -0.120. The van der Waals surface area contributed by atoms with Crippen molar-refractivity contribution in [1.82, 2.24) is 4.31 Å². The Hall–Kier alpha value is -2.71. The normalized spacial score (nSPS) is 15.6. The molecule has 1 aliphatic heterocycles. The van der Waals surface area contributed by atoms with Gasteiger partial charge in [0.15, 0.2) is 0 Å². The number of benzene rings is 2. The minimum absolute atomic E-state index is 0.174. The fourth-order valence-corrected chi connectivity index (χ4v) is 4.92. The van der Waals surface area contributed by atoms with Crippen LogP contribution in [0.3, 0.4) is 0 Å². The number of anilines is 1.